The van der Waals surface area contributed by atoms with Crippen LogP contribution in [0.4, 0.5) is 15.3 Å². The molecule has 20 heteroatoms. The predicted octanol–water partition coefficient (Wildman–Crippen LogP) is 3.66. The number of benzene rings is 2. The van der Waals surface area contributed by atoms with Crippen molar-refractivity contribution in [2.24, 2.45) is 5.11 Å². The van der Waals surface area contributed by atoms with Crippen LogP contribution >= 0.6 is 0 Å². The number of aryl methyl sites for hydroxylation is 1. The minimum atomic E-state index is -1.92. The number of hydrogen-bond acceptors (Lipinski definition) is 17. The minimum Gasteiger partial charge on any atom is -0.489 e. The van der Waals surface area contributed by atoms with E-state index in [1.165, 1.54) is 18.2 Å². The van der Waals surface area contributed by atoms with Crippen LogP contribution in [-0.2, 0) is 63.7 Å². The molecule has 3 rings (SSSR count). The lowest BCUT2D eigenvalue weighted by molar-refractivity contribution is -0.287. The van der Waals surface area contributed by atoms with Gasteiger partial charge >= 0.3 is 36.1 Å². The van der Waals surface area contributed by atoms with E-state index in [2.05, 4.69) is 15.3 Å². The van der Waals surface area contributed by atoms with E-state index in [1.54, 1.807) is 24.3 Å². The van der Waals surface area contributed by atoms with Crippen LogP contribution in [0.2, 0.25) is 0 Å². The highest BCUT2D eigenvalue weighted by molar-refractivity contribution is 5.87. The van der Waals surface area contributed by atoms with Crippen molar-refractivity contribution < 1.29 is 76.1 Å². The van der Waals surface area contributed by atoms with Gasteiger partial charge in [0, 0.05) is 32.2 Å². The van der Waals surface area contributed by atoms with Gasteiger partial charge in [-0.1, -0.05) is 28.9 Å². The van der Waals surface area contributed by atoms with Crippen molar-refractivity contribution in [2.45, 2.75) is 65.0 Å². The van der Waals surface area contributed by atoms with E-state index in [4.69, 9.17) is 52.9 Å². The van der Waals surface area contributed by atoms with E-state index in [0.717, 1.165) is 33.4 Å². The number of rotatable bonds is 16. The Labute approximate surface area is 302 Å². The number of carbonyl (C=O) groups is 6. The van der Waals surface area contributed by atoms with E-state index >= 15 is 0 Å². The molecule has 1 N–H and O–H groups in total. The minimum absolute atomic E-state index is 0.0220. The van der Waals surface area contributed by atoms with E-state index in [-0.39, 0.29) is 50.2 Å². The Morgan fingerprint density at radius 1 is 0.849 bits per heavy atom. The summed E-state index contributed by atoms with van der Waals surface area (Å²) in [6, 6.07) is 11.1. The van der Waals surface area contributed by atoms with Gasteiger partial charge in [-0.25, -0.2) is 14.4 Å². The largest absolute Gasteiger partial charge is 0.514 e. The fourth-order valence-electron chi connectivity index (χ4n) is 4.64. The third-order valence-corrected chi connectivity index (χ3v) is 6.80. The summed E-state index contributed by atoms with van der Waals surface area (Å²) in [4.78, 5) is 77.0. The number of anilines is 1. The average Bonchev–Trinajstić information content (AvgIpc) is 3.10. The molecule has 53 heavy (non-hydrogen) atoms. The smallest absolute Gasteiger partial charge is 0.489 e. The normalized spacial score (nSPS) is 18.9. The van der Waals surface area contributed by atoms with Gasteiger partial charge in [0.05, 0.1) is 26.0 Å². The van der Waals surface area contributed by atoms with Crippen molar-refractivity contribution in [1.82, 2.24) is 0 Å². The highest BCUT2D eigenvalue weighted by atomic mass is 16.8. The van der Waals surface area contributed by atoms with Crippen LogP contribution < -0.4 is 14.8 Å². The van der Waals surface area contributed by atoms with Crippen LogP contribution in [0.5, 0.6) is 11.5 Å². The Kier molecular flexibility index (Phi) is 16.1. The van der Waals surface area contributed by atoms with Gasteiger partial charge in [-0.2, -0.15) is 0 Å². The number of ether oxygens (including phenoxy) is 10. The number of esters is 4. The fourth-order valence-corrected chi connectivity index (χ4v) is 4.64. The second kappa shape index (κ2) is 20.7. The summed E-state index contributed by atoms with van der Waals surface area (Å²) in [5.41, 5.74) is 9.81. The zero-order valence-electron chi connectivity index (χ0n) is 29.3. The maximum Gasteiger partial charge on any atom is 0.514 e. The number of amides is 1. The maximum atomic E-state index is 13.3. The van der Waals surface area contributed by atoms with Crippen molar-refractivity contribution in [3.05, 3.63) is 64.0 Å². The molecule has 1 aliphatic rings. The molecule has 0 aromatic heterocycles. The van der Waals surface area contributed by atoms with Crippen LogP contribution in [0.25, 0.3) is 10.4 Å². The van der Waals surface area contributed by atoms with Crippen LogP contribution in [-0.4, -0.2) is 100 Å². The first-order valence-electron chi connectivity index (χ1n) is 15.8. The average molecular weight is 747 g/mol. The zero-order chi connectivity index (χ0) is 38.9. The van der Waals surface area contributed by atoms with Crippen molar-refractivity contribution in [3.8, 4) is 11.5 Å². The standard InChI is InChI=1S/C33H38N4O16/c1-18-6-9-23(10-7-18)51-33(43)47-17-22-8-11-24(25(16-22)46-15-14-45-13-12-35-37-34)36-32(42)53-31-29(50-21(4)40)27(49-20(3)39)26(48-19(2)38)28(52-31)30(41)44-5/h6-11,16,26-29,31H,12-15,17H2,1-5H3,(H,36,42)/t26-,27-,28-,29+,31-/m0/s1. The van der Waals surface area contributed by atoms with E-state index in [0.29, 0.717) is 5.56 Å². The SMILES string of the molecule is COC(=O)[C@H]1O[C@@H](OC(=O)Nc2ccc(COC(=O)Oc3ccc(C)cc3)cc2OCCOCCN=[N+]=[N-])[C@H](OC(C)=O)[C@@H](OC(C)=O)[C@@H]1OC(C)=O. The lowest BCUT2D eigenvalue weighted by atomic mass is 9.97. The molecule has 20 nitrogen and oxygen atoms in total. The molecule has 1 heterocycles. The van der Waals surface area contributed by atoms with Crippen LogP contribution in [0.15, 0.2) is 47.6 Å². The molecule has 0 aliphatic carbocycles. The summed E-state index contributed by atoms with van der Waals surface area (Å²) in [6.45, 7) is 4.85. The molecule has 286 valence electrons. The quantitative estimate of drug-likeness (QED) is 0.0489. The predicted molar refractivity (Wildman–Crippen MR) is 176 cm³/mol. The van der Waals surface area contributed by atoms with Crippen molar-refractivity contribution >= 4 is 41.8 Å². The lowest BCUT2D eigenvalue weighted by Gasteiger charge is -2.42. The molecule has 2 aromatic carbocycles. The highest BCUT2D eigenvalue weighted by Crippen LogP contribution is 2.32. The zero-order valence-corrected chi connectivity index (χ0v) is 29.3. The Bertz CT molecular complexity index is 1660. The summed E-state index contributed by atoms with van der Waals surface area (Å²) >= 11 is 0. The molecular formula is C33H38N4O16. The van der Waals surface area contributed by atoms with Crippen LogP contribution in [0.1, 0.15) is 31.9 Å². The Balaban J connectivity index is 1.82. The van der Waals surface area contributed by atoms with Gasteiger partial charge in [-0.3, -0.25) is 19.7 Å². The monoisotopic (exact) mass is 746 g/mol. The summed E-state index contributed by atoms with van der Waals surface area (Å²) in [5, 5.41) is 5.81. The van der Waals surface area contributed by atoms with Gasteiger partial charge in [0.15, 0.2) is 18.3 Å². The topological polar surface area (TPSA) is 256 Å². The molecular weight excluding hydrogens is 708 g/mol. The first-order valence-corrected chi connectivity index (χ1v) is 15.8. The fraction of sp³-hybridized carbons (Fsp3) is 0.455. The van der Waals surface area contributed by atoms with Crippen LogP contribution in [0, 0.1) is 6.92 Å². The Morgan fingerprint density at radius 3 is 2.15 bits per heavy atom. The van der Waals surface area contributed by atoms with Gasteiger partial charge in [-0.05, 0) is 42.3 Å². The summed E-state index contributed by atoms with van der Waals surface area (Å²) in [7, 11) is 1.01. The summed E-state index contributed by atoms with van der Waals surface area (Å²) in [5.74, 6) is -3.53. The molecule has 0 spiro atoms. The molecule has 1 amide bonds. The molecule has 1 fully saturated rings. The first kappa shape index (κ1) is 41.3. The Morgan fingerprint density at radius 2 is 1.51 bits per heavy atom. The van der Waals surface area contributed by atoms with E-state index < -0.39 is 66.8 Å². The third-order valence-electron chi connectivity index (χ3n) is 6.80. The van der Waals surface area contributed by atoms with Gasteiger partial charge < -0.3 is 47.4 Å². The second-order valence-electron chi connectivity index (χ2n) is 10.9. The van der Waals surface area contributed by atoms with Gasteiger partial charge in [0.1, 0.15) is 24.7 Å². The Hall–Kier alpha value is -6.11. The number of nitrogens with zero attached hydrogens (tertiary/aromatic N) is 3. The highest BCUT2D eigenvalue weighted by Gasteiger charge is 2.56. The number of nitrogens with one attached hydrogen (secondary N) is 1. The molecule has 0 radical (unpaired) electrons. The molecule has 2 aromatic rings. The molecule has 1 aliphatic heterocycles. The van der Waals surface area contributed by atoms with Gasteiger partial charge in [0.2, 0.25) is 12.4 Å². The molecule has 5 atom stereocenters. The maximum absolute atomic E-state index is 13.3. The van der Waals surface area contributed by atoms with Crippen molar-refractivity contribution in [3.63, 3.8) is 0 Å². The third kappa shape index (κ3) is 13.5. The number of carbonyl (C=O) groups excluding carboxylic acids is 6. The lowest BCUT2D eigenvalue weighted by Crippen LogP contribution is -2.64. The van der Waals surface area contributed by atoms with E-state index in [1.807, 2.05) is 6.92 Å². The second-order valence-corrected chi connectivity index (χ2v) is 10.9. The summed E-state index contributed by atoms with van der Waals surface area (Å²) in [6.07, 6.45) is -11.0. The van der Waals surface area contributed by atoms with Crippen molar-refractivity contribution in [2.75, 3.05) is 38.8 Å². The van der Waals surface area contributed by atoms with Crippen molar-refractivity contribution in [1.29, 1.82) is 0 Å². The number of methoxy groups -OCH3 is 1. The van der Waals surface area contributed by atoms with E-state index in [9.17, 15) is 28.8 Å². The molecule has 0 unspecified atom stereocenters. The number of hydrogen-bond donors (Lipinski definition) is 1. The van der Waals surface area contributed by atoms with Crippen LogP contribution in [0.3, 0.4) is 0 Å². The first-order chi connectivity index (χ1) is 25.3. The van der Waals surface area contributed by atoms with Gasteiger partial charge in [0.25, 0.3) is 0 Å². The molecule has 0 bridgehead atoms. The number of azide groups is 1. The summed E-state index contributed by atoms with van der Waals surface area (Å²) < 4.78 is 53.0. The molecule has 1 saturated heterocycles. The van der Waals surface area contributed by atoms with Gasteiger partial charge in [-0.15, -0.1) is 0 Å². The molecule has 0 saturated carbocycles.